The van der Waals surface area contributed by atoms with E-state index in [2.05, 4.69) is 15.0 Å². The highest BCUT2D eigenvalue weighted by Gasteiger charge is 2.14. The van der Waals surface area contributed by atoms with Gasteiger partial charge < -0.3 is 9.88 Å². The Balaban J connectivity index is 1.58. The van der Waals surface area contributed by atoms with Crippen LogP contribution in [0, 0.1) is 6.92 Å². The van der Waals surface area contributed by atoms with Crippen molar-refractivity contribution in [1.29, 1.82) is 0 Å². The second-order valence-electron chi connectivity index (χ2n) is 6.61. The van der Waals surface area contributed by atoms with Crippen LogP contribution in [-0.2, 0) is 23.5 Å². The zero-order chi connectivity index (χ0) is 20.3. The first-order chi connectivity index (χ1) is 13.3. The lowest BCUT2D eigenvalue weighted by molar-refractivity contribution is 0.0954. The van der Waals surface area contributed by atoms with Gasteiger partial charge in [0.2, 0.25) is 10.0 Å². The number of hydrogen-bond acceptors (Lipinski definition) is 4. The van der Waals surface area contributed by atoms with Crippen LogP contribution >= 0.6 is 0 Å². The molecule has 8 heteroatoms. The number of amides is 1. The number of carbonyl (C=O) groups excluding carboxylic acids is 1. The molecule has 0 unspecified atom stereocenters. The summed E-state index contributed by atoms with van der Waals surface area (Å²) in [5.74, 6) is 0.693. The van der Waals surface area contributed by atoms with E-state index in [0.717, 1.165) is 28.8 Å². The molecule has 0 saturated heterocycles. The molecular weight excluding hydrogens is 376 g/mol. The molecule has 1 heterocycles. The number of aryl methyl sites for hydroxylation is 3. The van der Waals surface area contributed by atoms with Crippen LogP contribution in [0.3, 0.4) is 0 Å². The number of sulfonamides is 1. The van der Waals surface area contributed by atoms with Gasteiger partial charge >= 0.3 is 0 Å². The van der Waals surface area contributed by atoms with Gasteiger partial charge in [0.05, 0.1) is 15.9 Å². The fourth-order valence-electron chi connectivity index (χ4n) is 2.97. The fraction of sp³-hybridized carbons (Fsp3) is 0.300. The molecule has 2 aromatic carbocycles. The summed E-state index contributed by atoms with van der Waals surface area (Å²) in [6, 6.07) is 12.0. The van der Waals surface area contributed by atoms with Gasteiger partial charge in [0, 0.05) is 32.1 Å². The molecule has 3 aromatic rings. The molecule has 0 radical (unpaired) electrons. The van der Waals surface area contributed by atoms with E-state index in [1.54, 1.807) is 36.4 Å². The minimum absolute atomic E-state index is 0.105. The van der Waals surface area contributed by atoms with Gasteiger partial charge in [0.25, 0.3) is 5.91 Å². The molecule has 148 valence electrons. The Morgan fingerprint density at radius 1 is 1.11 bits per heavy atom. The second kappa shape index (κ2) is 8.12. The summed E-state index contributed by atoms with van der Waals surface area (Å²) < 4.78 is 29.0. The van der Waals surface area contributed by atoms with E-state index in [1.165, 1.54) is 0 Å². The smallest absolute Gasteiger partial charge is 0.251 e. The maximum Gasteiger partial charge on any atom is 0.251 e. The monoisotopic (exact) mass is 400 g/mol. The van der Waals surface area contributed by atoms with Crippen molar-refractivity contribution in [2.45, 2.75) is 25.2 Å². The summed E-state index contributed by atoms with van der Waals surface area (Å²) in [4.78, 5) is 17.1. The fourth-order valence-corrected chi connectivity index (χ4v) is 4.00. The maximum absolute atomic E-state index is 12.4. The largest absolute Gasteiger partial charge is 0.351 e. The Hall–Kier alpha value is -2.71. The van der Waals surface area contributed by atoms with E-state index in [0.29, 0.717) is 5.56 Å². The lowest BCUT2D eigenvalue weighted by Gasteiger charge is -2.08. The maximum atomic E-state index is 12.4. The minimum atomic E-state index is -3.59. The van der Waals surface area contributed by atoms with Crippen LogP contribution < -0.4 is 10.0 Å². The molecule has 3 rings (SSSR count). The van der Waals surface area contributed by atoms with Crippen LogP contribution in [0.1, 0.15) is 28.7 Å². The number of nitrogens with zero attached hydrogens (tertiary/aromatic N) is 2. The first-order valence-electron chi connectivity index (χ1n) is 9.11. The summed E-state index contributed by atoms with van der Waals surface area (Å²) in [7, 11) is -1.63. The highest BCUT2D eigenvalue weighted by atomic mass is 32.2. The Labute approximate surface area is 164 Å². The summed E-state index contributed by atoms with van der Waals surface area (Å²) in [6.45, 7) is 4.22. The molecule has 2 N–H and O–H groups in total. The predicted octanol–water partition coefficient (Wildman–Crippen LogP) is 2.15. The molecular formula is C20H24N4O3S. The zero-order valence-electron chi connectivity index (χ0n) is 16.2. The first-order valence-corrected chi connectivity index (χ1v) is 10.6. The SMILES string of the molecule is CCc1nc2cc(C(=O)NCCNS(=O)(=O)c3ccc(C)cc3)ccc2n1C. The van der Waals surface area contributed by atoms with Crippen molar-refractivity contribution in [3.05, 3.63) is 59.4 Å². The van der Waals surface area contributed by atoms with Gasteiger partial charge in [-0.2, -0.15) is 0 Å². The van der Waals surface area contributed by atoms with Crippen molar-refractivity contribution in [2.75, 3.05) is 13.1 Å². The molecule has 0 fully saturated rings. The summed E-state index contributed by atoms with van der Waals surface area (Å²) in [5.41, 5.74) is 3.23. The van der Waals surface area contributed by atoms with Crippen molar-refractivity contribution in [1.82, 2.24) is 19.6 Å². The van der Waals surface area contributed by atoms with Crippen LogP contribution in [0.4, 0.5) is 0 Å². The Morgan fingerprint density at radius 2 is 1.82 bits per heavy atom. The Bertz CT molecular complexity index is 1100. The lowest BCUT2D eigenvalue weighted by Crippen LogP contribution is -2.34. The summed E-state index contributed by atoms with van der Waals surface area (Å²) >= 11 is 0. The van der Waals surface area contributed by atoms with Crippen molar-refractivity contribution in [2.24, 2.45) is 7.05 Å². The van der Waals surface area contributed by atoms with Crippen LogP contribution in [0.2, 0.25) is 0 Å². The lowest BCUT2D eigenvalue weighted by atomic mass is 10.2. The van der Waals surface area contributed by atoms with Crippen molar-refractivity contribution in [3.63, 3.8) is 0 Å². The van der Waals surface area contributed by atoms with E-state index in [4.69, 9.17) is 0 Å². The standard InChI is InChI=1S/C20H24N4O3S/c1-4-19-23-17-13-15(7-10-18(17)24(19)3)20(25)21-11-12-22-28(26,27)16-8-5-14(2)6-9-16/h5-10,13,22H,4,11-12H2,1-3H3,(H,21,25). The molecule has 0 bridgehead atoms. The van der Waals surface area contributed by atoms with Crippen LogP contribution in [0.25, 0.3) is 11.0 Å². The number of fused-ring (bicyclic) bond motifs is 1. The van der Waals surface area contributed by atoms with Crippen LogP contribution in [-0.4, -0.2) is 37.0 Å². The third-order valence-corrected chi connectivity index (χ3v) is 6.06. The average Bonchev–Trinajstić information content (AvgIpc) is 3.00. The Kier molecular flexibility index (Phi) is 5.81. The number of aromatic nitrogens is 2. The average molecular weight is 401 g/mol. The summed E-state index contributed by atoms with van der Waals surface area (Å²) in [6.07, 6.45) is 0.813. The number of nitrogens with one attached hydrogen (secondary N) is 2. The number of benzene rings is 2. The number of carbonyl (C=O) groups is 1. The minimum Gasteiger partial charge on any atom is -0.351 e. The molecule has 0 aliphatic carbocycles. The third kappa shape index (κ3) is 4.23. The number of hydrogen-bond donors (Lipinski definition) is 2. The zero-order valence-corrected chi connectivity index (χ0v) is 17.0. The van der Waals surface area contributed by atoms with Gasteiger partial charge in [0.1, 0.15) is 5.82 Å². The number of rotatable bonds is 7. The van der Waals surface area contributed by atoms with Gasteiger partial charge in [-0.25, -0.2) is 18.1 Å². The van der Waals surface area contributed by atoms with Crippen LogP contribution in [0.5, 0.6) is 0 Å². The van der Waals surface area contributed by atoms with Crippen LogP contribution in [0.15, 0.2) is 47.4 Å². The normalized spacial score (nSPS) is 11.7. The van der Waals surface area contributed by atoms with Crippen molar-refractivity contribution in [3.8, 4) is 0 Å². The topological polar surface area (TPSA) is 93.1 Å². The molecule has 0 aliphatic rings. The highest BCUT2D eigenvalue weighted by molar-refractivity contribution is 7.89. The van der Waals surface area contributed by atoms with Gasteiger partial charge in [-0.15, -0.1) is 0 Å². The van der Waals surface area contributed by atoms with E-state index >= 15 is 0 Å². The van der Waals surface area contributed by atoms with E-state index in [-0.39, 0.29) is 23.9 Å². The van der Waals surface area contributed by atoms with Gasteiger partial charge in [-0.3, -0.25) is 4.79 Å². The highest BCUT2D eigenvalue weighted by Crippen LogP contribution is 2.17. The molecule has 1 aromatic heterocycles. The van der Waals surface area contributed by atoms with Crippen molar-refractivity contribution < 1.29 is 13.2 Å². The van der Waals surface area contributed by atoms with Crippen molar-refractivity contribution >= 4 is 27.0 Å². The second-order valence-corrected chi connectivity index (χ2v) is 8.38. The predicted molar refractivity (Wildman–Crippen MR) is 109 cm³/mol. The number of imidazole rings is 1. The molecule has 0 atom stereocenters. The van der Waals surface area contributed by atoms with Gasteiger partial charge in [-0.1, -0.05) is 24.6 Å². The first kappa shape index (κ1) is 20.0. The molecule has 0 saturated carbocycles. The van der Waals surface area contributed by atoms with Gasteiger partial charge in [-0.05, 0) is 37.3 Å². The Morgan fingerprint density at radius 3 is 2.50 bits per heavy atom. The summed E-state index contributed by atoms with van der Waals surface area (Å²) in [5, 5.41) is 2.73. The molecule has 0 aliphatic heterocycles. The molecule has 7 nitrogen and oxygen atoms in total. The molecule has 28 heavy (non-hydrogen) atoms. The quantitative estimate of drug-likeness (QED) is 0.595. The molecule has 1 amide bonds. The van der Waals surface area contributed by atoms with E-state index < -0.39 is 10.0 Å². The molecule has 0 spiro atoms. The van der Waals surface area contributed by atoms with E-state index in [9.17, 15) is 13.2 Å². The van der Waals surface area contributed by atoms with E-state index in [1.807, 2.05) is 31.5 Å². The third-order valence-electron chi connectivity index (χ3n) is 4.59. The van der Waals surface area contributed by atoms with Gasteiger partial charge in [0.15, 0.2) is 0 Å².